The van der Waals surface area contributed by atoms with Crippen LogP contribution in [0.2, 0.25) is 0 Å². The van der Waals surface area contributed by atoms with E-state index in [4.69, 9.17) is 4.42 Å². The van der Waals surface area contributed by atoms with E-state index >= 15 is 0 Å². The maximum atomic E-state index is 12.9. The van der Waals surface area contributed by atoms with Crippen LogP contribution in [0.1, 0.15) is 54.1 Å². The van der Waals surface area contributed by atoms with Crippen molar-refractivity contribution < 1.29 is 9.21 Å². The monoisotopic (exact) mass is 382 g/mol. The molecule has 0 aromatic carbocycles. The van der Waals surface area contributed by atoms with Gasteiger partial charge in [-0.15, -0.1) is 0 Å². The van der Waals surface area contributed by atoms with E-state index in [-0.39, 0.29) is 11.9 Å². The number of aromatic nitrogens is 1. The van der Waals surface area contributed by atoms with Crippen molar-refractivity contribution >= 4 is 11.7 Å². The van der Waals surface area contributed by atoms with E-state index in [1.807, 2.05) is 29.3 Å². The number of anilines is 1. The Morgan fingerprint density at radius 2 is 1.79 bits per heavy atom. The van der Waals surface area contributed by atoms with Crippen LogP contribution in [0.15, 0.2) is 34.9 Å². The lowest BCUT2D eigenvalue weighted by atomic mass is 10.1. The smallest absolute Gasteiger partial charge is 0.289 e. The summed E-state index contributed by atoms with van der Waals surface area (Å²) >= 11 is 0. The van der Waals surface area contributed by atoms with E-state index in [2.05, 4.69) is 34.7 Å². The van der Waals surface area contributed by atoms with Gasteiger partial charge in [-0.05, 0) is 63.5 Å². The van der Waals surface area contributed by atoms with Crippen LogP contribution in [-0.2, 0) is 0 Å². The van der Waals surface area contributed by atoms with Crippen molar-refractivity contribution in [1.29, 1.82) is 0 Å². The van der Waals surface area contributed by atoms with Gasteiger partial charge in [0.25, 0.3) is 5.91 Å². The molecule has 150 valence electrons. The molecule has 28 heavy (non-hydrogen) atoms. The molecule has 2 aliphatic heterocycles. The molecule has 2 saturated heterocycles. The predicted molar refractivity (Wildman–Crippen MR) is 110 cm³/mol. The fourth-order valence-electron chi connectivity index (χ4n) is 4.26. The topological polar surface area (TPSA) is 52.8 Å². The number of piperidine rings is 1. The number of rotatable bonds is 4. The van der Waals surface area contributed by atoms with Crippen LogP contribution in [-0.4, -0.2) is 60.0 Å². The molecule has 1 atom stereocenters. The Bertz CT molecular complexity index is 804. The molecule has 0 aliphatic carbocycles. The minimum absolute atomic E-state index is 0.00510. The van der Waals surface area contributed by atoms with Gasteiger partial charge >= 0.3 is 0 Å². The second-order valence-electron chi connectivity index (χ2n) is 7.90. The van der Waals surface area contributed by atoms with Crippen LogP contribution < -0.4 is 4.90 Å². The lowest BCUT2D eigenvalue weighted by Crippen LogP contribution is -2.49. The van der Waals surface area contributed by atoms with E-state index in [0.717, 1.165) is 37.8 Å². The number of hydrogen-bond acceptors (Lipinski definition) is 5. The summed E-state index contributed by atoms with van der Waals surface area (Å²) in [7, 11) is 0. The third kappa shape index (κ3) is 3.92. The minimum atomic E-state index is -0.00510. The minimum Gasteiger partial charge on any atom is -0.454 e. The first-order valence-corrected chi connectivity index (χ1v) is 10.4. The average molecular weight is 383 g/mol. The number of nitrogens with zero attached hydrogens (tertiary/aromatic N) is 4. The average Bonchev–Trinajstić information content (AvgIpc) is 3.24. The highest BCUT2D eigenvalue weighted by molar-refractivity contribution is 5.91. The van der Waals surface area contributed by atoms with Gasteiger partial charge in [0.05, 0.1) is 6.04 Å². The molecule has 6 nitrogen and oxygen atoms in total. The van der Waals surface area contributed by atoms with Crippen LogP contribution in [0.25, 0.3) is 0 Å². The number of pyridine rings is 1. The molecule has 0 spiro atoms. The first-order chi connectivity index (χ1) is 13.6. The molecule has 4 heterocycles. The number of piperazine rings is 1. The van der Waals surface area contributed by atoms with Crippen LogP contribution >= 0.6 is 0 Å². The van der Waals surface area contributed by atoms with Gasteiger partial charge in [0.2, 0.25) is 0 Å². The quantitative estimate of drug-likeness (QED) is 0.810. The Labute approximate surface area is 167 Å². The standard InChI is InChI=1S/C22H30N4O2/c1-17-7-6-10-23-21(17)25-13-15-26(16-14-25)22(27)20-9-8-19(28-20)18(2)24-11-4-3-5-12-24/h6-10,18H,3-5,11-16H2,1-2H3. The maximum Gasteiger partial charge on any atom is 0.289 e. The Hall–Kier alpha value is -2.34. The van der Waals surface area contributed by atoms with Gasteiger partial charge in [-0.2, -0.15) is 0 Å². The fraction of sp³-hybridized carbons (Fsp3) is 0.545. The van der Waals surface area contributed by atoms with Gasteiger partial charge in [0.15, 0.2) is 5.76 Å². The van der Waals surface area contributed by atoms with Crippen molar-refractivity contribution in [2.24, 2.45) is 0 Å². The lowest BCUT2D eigenvalue weighted by molar-refractivity contribution is 0.0706. The molecule has 2 aromatic rings. The highest BCUT2D eigenvalue weighted by Gasteiger charge is 2.27. The Balaban J connectivity index is 1.37. The molecule has 0 N–H and O–H groups in total. The summed E-state index contributed by atoms with van der Waals surface area (Å²) in [4.78, 5) is 24.0. The normalized spacial score (nSPS) is 19.6. The number of likely N-dealkylation sites (tertiary alicyclic amines) is 1. The molecule has 6 heteroatoms. The number of hydrogen-bond donors (Lipinski definition) is 0. The number of aryl methyl sites for hydroxylation is 1. The highest BCUT2D eigenvalue weighted by Crippen LogP contribution is 2.26. The zero-order chi connectivity index (χ0) is 19.5. The Kier molecular flexibility index (Phi) is 5.67. The number of carbonyl (C=O) groups excluding carboxylic acids is 1. The second-order valence-corrected chi connectivity index (χ2v) is 7.90. The summed E-state index contributed by atoms with van der Waals surface area (Å²) in [6, 6.07) is 8.07. The summed E-state index contributed by atoms with van der Waals surface area (Å²) in [5, 5.41) is 0. The fourth-order valence-corrected chi connectivity index (χ4v) is 4.26. The molecule has 1 unspecified atom stereocenters. The largest absolute Gasteiger partial charge is 0.454 e. The molecule has 2 aromatic heterocycles. The molecular formula is C22H30N4O2. The van der Waals surface area contributed by atoms with Crippen molar-refractivity contribution in [3.05, 3.63) is 47.5 Å². The Morgan fingerprint density at radius 3 is 2.50 bits per heavy atom. The SMILES string of the molecule is Cc1cccnc1N1CCN(C(=O)c2ccc(C(C)N3CCCCC3)o2)CC1. The van der Waals surface area contributed by atoms with Crippen molar-refractivity contribution in [2.75, 3.05) is 44.2 Å². The van der Waals surface area contributed by atoms with Gasteiger partial charge in [-0.25, -0.2) is 4.98 Å². The summed E-state index contributed by atoms with van der Waals surface area (Å²) in [6.07, 6.45) is 5.64. The van der Waals surface area contributed by atoms with Gasteiger partial charge in [0, 0.05) is 32.4 Å². The number of amides is 1. The predicted octanol–water partition coefficient (Wildman–Crippen LogP) is 3.49. The zero-order valence-electron chi connectivity index (χ0n) is 16.9. The first-order valence-electron chi connectivity index (χ1n) is 10.4. The third-order valence-corrected chi connectivity index (χ3v) is 6.04. The van der Waals surface area contributed by atoms with E-state index < -0.39 is 0 Å². The maximum absolute atomic E-state index is 12.9. The van der Waals surface area contributed by atoms with Crippen molar-refractivity contribution in [3.8, 4) is 0 Å². The summed E-state index contributed by atoms with van der Waals surface area (Å²) < 4.78 is 5.99. The van der Waals surface area contributed by atoms with Crippen molar-refractivity contribution in [3.63, 3.8) is 0 Å². The molecule has 0 radical (unpaired) electrons. The van der Waals surface area contributed by atoms with E-state index in [1.54, 1.807) is 0 Å². The van der Waals surface area contributed by atoms with Gasteiger partial charge in [0.1, 0.15) is 11.6 Å². The van der Waals surface area contributed by atoms with Gasteiger partial charge in [-0.1, -0.05) is 12.5 Å². The molecule has 1 amide bonds. The van der Waals surface area contributed by atoms with Gasteiger partial charge in [-0.3, -0.25) is 9.69 Å². The summed E-state index contributed by atoms with van der Waals surface area (Å²) in [6.45, 7) is 9.43. The van der Waals surface area contributed by atoms with Crippen LogP contribution in [0, 0.1) is 6.92 Å². The molecule has 2 aliphatic rings. The molecule has 0 bridgehead atoms. The molecular weight excluding hydrogens is 352 g/mol. The van der Waals surface area contributed by atoms with Crippen LogP contribution in [0.4, 0.5) is 5.82 Å². The Morgan fingerprint density at radius 1 is 1.04 bits per heavy atom. The van der Waals surface area contributed by atoms with E-state index in [1.165, 1.54) is 24.8 Å². The lowest BCUT2D eigenvalue weighted by Gasteiger charge is -2.35. The first kappa shape index (κ1) is 19.0. The molecule has 4 rings (SSSR count). The van der Waals surface area contributed by atoms with Gasteiger partial charge < -0.3 is 14.2 Å². The highest BCUT2D eigenvalue weighted by atomic mass is 16.4. The van der Waals surface area contributed by atoms with E-state index in [9.17, 15) is 4.79 Å². The number of furan rings is 1. The molecule has 2 fully saturated rings. The van der Waals surface area contributed by atoms with Crippen molar-refractivity contribution in [1.82, 2.24) is 14.8 Å². The number of carbonyl (C=O) groups is 1. The summed E-state index contributed by atoms with van der Waals surface area (Å²) in [5.41, 5.74) is 1.17. The third-order valence-electron chi connectivity index (χ3n) is 6.04. The summed E-state index contributed by atoms with van der Waals surface area (Å²) in [5.74, 6) is 2.37. The van der Waals surface area contributed by atoms with Crippen molar-refractivity contribution in [2.45, 2.75) is 39.2 Å². The molecule has 0 saturated carbocycles. The second kappa shape index (κ2) is 8.35. The van der Waals surface area contributed by atoms with E-state index in [0.29, 0.717) is 18.8 Å². The van der Waals surface area contributed by atoms with Crippen LogP contribution in [0.3, 0.4) is 0 Å². The van der Waals surface area contributed by atoms with Crippen LogP contribution in [0.5, 0.6) is 0 Å². The zero-order valence-corrected chi connectivity index (χ0v) is 16.9.